The van der Waals surface area contributed by atoms with E-state index in [1.165, 1.54) is 49.5 Å². The zero-order valence-electron chi connectivity index (χ0n) is 25.9. The lowest BCUT2D eigenvalue weighted by Gasteiger charge is -2.33. The van der Waals surface area contributed by atoms with Gasteiger partial charge in [0.15, 0.2) is 11.5 Å². The Morgan fingerprint density at radius 2 is 1.50 bits per heavy atom. The number of benzene rings is 3. The van der Waals surface area contributed by atoms with Gasteiger partial charge in [-0.1, -0.05) is 37.6 Å². The normalized spacial score (nSPS) is 12.5. The maximum absolute atomic E-state index is 14.2. The van der Waals surface area contributed by atoms with E-state index in [-0.39, 0.29) is 34.8 Å². The van der Waals surface area contributed by atoms with Gasteiger partial charge in [0.25, 0.3) is 10.0 Å². The summed E-state index contributed by atoms with van der Waals surface area (Å²) >= 11 is 6.11. The van der Waals surface area contributed by atoms with Crippen LogP contribution in [0.5, 0.6) is 17.2 Å². The Hall–Kier alpha value is -3.96. The van der Waals surface area contributed by atoms with E-state index in [9.17, 15) is 18.0 Å². The van der Waals surface area contributed by atoms with Gasteiger partial charge in [-0.2, -0.15) is 0 Å². The third-order valence-electron chi connectivity index (χ3n) is 7.24. The predicted octanol–water partition coefficient (Wildman–Crippen LogP) is 5.28. The van der Waals surface area contributed by atoms with Crippen molar-refractivity contribution in [3.8, 4) is 17.2 Å². The van der Waals surface area contributed by atoms with Crippen molar-refractivity contribution in [3.05, 3.63) is 77.3 Å². The smallest absolute Gasteiger partial charge is 0.264 e. The third kappa shape index (κ3) is 8.35. The van der Waals surface area contributed by atoms with Gasteiger partial charge in [0.2, 0.25) is 11.8 Å². The molecular formula is C32H40ClN3O7S. The second-order valence-corrected chi connectivity index (χ2v) is 12.4. The van der Waals surface area contributed by atoms with E-state index in [1.54, 1.807) is 43.5 Å². The van der Waals surface area contributed by atoms with Gasteiger partial charge >= 0.3 is 0 Å². The van der Waals surface area contributed by atoms with E-state index < -0.39 is 28.5 Å². The molecule has 12 heteroatoms. The number of ether oxygens (including phenoxy) is 3. The van der Waals surface area contributed by atoms with E-state index in [1.807, 2.05) is 20.8 Å². The molecule has 0 aliphatic heterocycles. The fraction of sp³-hybridized carbons (Fsp3) is 0.375. The van der Waals surface area contributed by atoms with Gasteiger partial charge in [0, 0.05) is 23.7 Å². The summed E-state index contributed by atoms with van der Waals surface area (Å²) in [6, 6.07) is 16.5. The van der Waals surface area contributed by atoms with E-state index in [4.69, 9.17) is 25.8 Å². The molecule has 0 unspecified atom stereocenters. The van der Waals surface area contributed by atoms with Crippen molar-refractivity contribution in [3.63, 3.8) is 0 Å². The number of carbonyl (C=O) groups is 2. The van der Waals surface area contributed by atoms with Crippen LogP contribution in [-0.4, -0.2) is 65.1 Å². The summed E-state index contributed by atoms with van der Waals surface area (Å²) in [5, 5.41) is 3.37. The molecule has 0 aromatic heterocycles. The van der Waals surface area contributed by atoms with Crippen molar-refractivity contribution in [2.24, 2.45) is 0 Å². The number of hydrogen-bond acceptors (Lipinski definition) is 7. The molecule has 238 valence electrons. The molecule has 44 heavy (non-hydrogen) atoms. The average molecular weight is 646 g/mol. The second kappa shape index (κ2) is 15.7. The topological polar surface area (TPSA) is 114 Å². The molecule has 0 fully saturated rings. The molecule has 10 nitrogen and oxygen atoms in total. The molecule has 2 atom stereocenters. The predicted molar refractivity (Wildman–Crippen MR) is 171 cm³/mol. The summed E-state index contributed by atoms with van der Waals surface area (Å²) in [7, 11) is 0.0884. The molecule has 2 amide bonds. The van der Waals surface area contributed by atoms with Gasteiger partial charge in [-0.15, -0.1) is 0 Å². The largest absolute Gasteiger partial charge is 0.497 e. The maximum Gasteiger partial charge on any atom is 0.264 e. The molecular weight excluding hydrogens is 606 g/mol. The number of methoxy groups -OCH3 is 3. The fourth-order valence-corrected chi connectivity index (χ4v) is 6.08. The Labute approximate surface area is 264 Å². The highest BCUT2D eigenvalue weighted by Gasteiger charge is 2.34. The minimum Gasteiger partial charge on any atom is -0.497 e. The van der Waals surface area contributed by atoms with Crippen LogP contribution < -0.4 is 23.8 Å². The van der Waals surface area contributed by atoms with Crippen LogP contribution in [0.4, 0.5) is 5.69 Å². The molecule has 1 N–H and O–H groups in total. The van der Waals surface area contributed by atoms with Crippen LogP contribution in [0.2, 0.25) is 5.02 Å². The van der Waals surface area contributed by atoms with Crippen molar-refractivity contribution in [2.75, 3.05) is 32.2 Å². The Kier molecular flexibility index (Phi) is 12.3. The zero-order chi connectivity index (χ0) is 32.4. The van der Waals surface area contributed by atoms with Crippen LogP contribution >= 0.6 is 11.6 Å². The van der Waals surface area contributed by atoms with Gasteiger partial charge in [0.1, 0.15) is 18.3 Å². The average Bonchev–Trinajstić information content (AvgIpc) is 3.03. The first-order chi connectivity index (χ1) is 21.0. The summed E-state index contributed by atoms with van der Waals surface area (Å²) in [6.45, 7) is 5.14. The number of nitrogens with one attached hydrogen (secondary N) is 1. The number of sulfonamides is 1. The number of anilines is 1. The summed E-state index contributed by atoms with van der Waals surface area (Å²) in [6.07, 6.45) is 1.02. The molecule has 0 radical (unpaired) electrons. The van der Waals surface area contributed by atoms with Crippen molar-refractivity contribution in [1.29, 1.82) is 0 Å². The highest BCUT2D eigenvalue weighted by molar-refractivity contribution is 7.92. The molecule has 0 spiro atoms. The Morgan fingerprint density at radius 3 is 2.05 bits per heavy atom. The van der Waals surface area contributed by atoms with Crippen LogP contribution in [0.1, 0.15) is 39.2 Å². The lowest BCUT2D eigenvalue weighted by molar-refractivity contribution is -0.140. The molecule has 0 saturated heterocycles. The van der Waals surface area contributed by atoms with Crippen LogP contribution in [-0.2, 0) is 26.2 Å². The van der Waals surface area contributed by atoms with Crippen LogP contribution in [0.15, 0.2) is 71.6 Å². The van der Waals surface area contributed by atoms with Gasteiger partial charge in [-0.25, -0.2) is 8.42 Å². The molecule has 0 saturated carbocycles. The molecule has 3 rings (SSSR count). The van der Waals surface area contributed by atoms with E-state index in [0.29, 0.717) is 29.4 Å². The minimum atomic E-state index is -4.32. The van der Waals surface area contributed by atoms with Gasteiger partial charge in [-0.3, -0.25) is 13.9 Å². The molecule has 0 aliphatic rings. The lowest BCUT2D eigenvalue weighted by atomic mass is 10.1. The zero-order valence-corrected chi connectivity index (χ0v) is 27.4. The number of halogens is 1. The van der Waals surface area contributed by atoms with E-state index >= 15 is 0 Å². The number of hydrogen-bond donors (Lipinski definition) is 1. The number of carbonyl (C=O) groups excluding carboxylic acids is 2. The van der Waals surface area contributed by atoms with Crippen molar-refractivity contribution < 1.29 is 32.2 Å². The van der Waals surface area contributed by atoms with Gasteiger partial charge in [-0.05, 0) is 73.9 Å². The van der Waals surface area contributed by atoms with E-state index in [0.717, 1.165) is 9.87 Å². The summed E-state index contributed by atoms with van der Waals surface area (Å²) in [5.41, 5.74) is 0.966. The number of nitrogens with zero attached hydrogens (tertiary/aromatic N) is 2. The van der Waals surface area contributed by atoms with Crippen molar-refractivity contribution >= 4 is 39.1 Å². The fourth-order valence-electron chi connectivity index (χ4n) is 4.53. The van der Waals surface area contributed by atoms with E-state index in [2.05, 4.69) is 5.32 Å². The monoisotopic (exact) mass is 645 g/mol. The quantitative estimate of drug-likeness (QED) is 0.239. The first kappa shape index (κ1) is 34.5. The first-order valence-corrected chi connectivity index (χ1v) is 16.0. The molecule has 3 aromatic carbocycles. The Balaban J connectivity index is 2.09. The Morgan fingerprint density at radius 1 is 0.864 bits per heavy atom. The highest BCUT2D eigenvalue weighted by Crippen LogP contribution is 2.33. The number of amides is 2. The van der Waals surface area contributed by atoms with Crippen LogP contribution in [0.3, 0.4) is 0 Å². The molecule has 3 aromatic rings. The van der Waals surface area contributed by atoms with Gasteiger partial charge in [0.05, 0.1) is 31.9 Å². The molecule has 0 bridgehead atoms. The maximum atomic E-state index is 14.2. The summed E-state index contributed by atoms with van der Waals surface area (Å²) < 4.78 is 45.2. The highest BCUT2D eigenvalue weighted by atomic mass is 35.5. The first-order valence-electron chi connectivity index (χ1n) is 14.2. The van der Waals surface area contributed by atoms with Crippen molar-refractivity contribution in [1.82, 2.24) is 10.2 Å². The van der Waals surface area contributed by atoms with Crippen molar-refractivity contribution in [2.45, 2.75) is 57.1 Å². The van der Waals surface area contributed by atoms with Gasteiger partial charge < -0.3 is 24.4 Å². The summed E-state index contributed by atoms with van der Waals surface area (Å²) in [4.78, 5) is 29.0. The van der Waals surface area contributed by atoms with Crippen LogP contribution in [0, 0.1) is 0 Å². The molecule has 0 aliphatic carbocycles. The molecule has 0 heterocycles. The minimum absolute atomic E-state index is 0.0696. The lowest BCUT2D eigenvalue weighted by Crippen LogP contribution is -2.53. The second-order valence-electron chi connectivity index (χ2n) is 10.1. The summed E-state index contributed by atoms with van der Waals surface area (Å²) in [5.74, 6) is 0.327. The Bertz CT molecular complexity index is 1520. The SMILES string of the molecule is CC[C@H](C)NC(=O)[C@H](CC)N(Cc1ccc(OC)cc1)C(=O)CN(c1ccc(Cl)cc1)S(=O)(=O)c1ccc(OC)c(OC)c1. The number of rotatable bonds is 15. The van der Waals surface area contributed by atoms with Crippen LogP contribution in [0.25, 0.3) is 0 Å². The third-order valence-corrected chi connectivity index (χ3v) is 9.26. The standard InChI is InChI=1S/C32H40ClN3O7S/c1-7-22(3)34-32(38)28(8-2)35(20-23-9-15-26(41-4)16-10-23)31(37)21-36(25-13-11-24(33)12-14-25)44(39,40)27-17-18-29(42-5)30(19-27)43-6/h9-19,22,28H,7-8,20-21H2,1-6H3,(H,34,38)/t22-,28-/m0/s1.